The molecule has 2 amide bonds. The molecule has 32 heavy (non-hydrogen) atoms. The number of nitrogens with one attached hydrogen (secondary N) is 2. The Morgan fingerprint density at radius 1 is 1.12 bits per heavy atom. The molecule has 3 aromatic heterocycles. The summed E-state index contributed by atoms with van der Waals surface area (Å²) in [5.41, 5.74) is 6.04. The molecule has 10 nitrogen and oxygen atoms in total. The Hall–Kier alpha value is -4.12. The minimum atomic E-state index is -0.762. The molecule has 3 N–H and O–H groups in total. The van der Waals surface area contributed by atoms with Crippen LogP contribution in [0.3, 0.4) is 0 Å². The largest absolute Gasteiger partial charge is 0.504 e. The van der Waals surface area contributed by atoms with Gasteiger partial charge in [0.05, 0.1) is 23.1 Å². The van der Waals surface area contributed by atoms with Crippen LogP contribution in [0.15, 0.2) is 70.5 Å². The van der Waals surface area contributed by atoms with Crippen molar-refractivity contribution in [1.82, 2.24) is 30.8 Å². The lowest BCUT2D eigenvalue weighted by Gasteiger charge is -2.09. The van der Waals surface area contributed by atoms with Crippen LogP contribution in [0.2, 0.25) is 0 Å². The highest BCUT2D eigenvalue weighted by atomic mass is 32.2. The predicted octanol–water partition coefficient (Wildman–Crippen LogP) is 2.64. The summed E-state index contributed by atoms with van der Waals surface area (Å²) in [5.74, 6) is -0.485. The summed E-state index contributed by atoms with van der Waals surface area (Å²) >= 11 is 1.31. The third kappa shape index (κ3) is 4.78. The number of nitrogens with zero attached hydrogens (tertiary/aromatic N) is 4. The fourth-order valence-electron chi connectivity index (χ4n) is 2.79. The smallest absolute Gasteiger partial charge is 0.294 e. The van der Waals surface area contributed by atoms with Gasteiger partial charge in [-0.25, -0.2) is 9.67 Å². The van der Waals surface area contributed by atoms with Crippen LogP contribution in [0, 0.1) is 6.92 Å². The van der Waals surface area contributed by atoms with Gasteiger partial charge in [0.25, 0.3) is 11.8 Å². The summed E-state index contributed by atoms with van der Waals surface area (Å²) in [5, 5.41) is 18.6. The molecule has 0 saturated carbocycles. The van der Waals surface area contributed by atoms with E-state index in [9.17, 15) is 14.7 Å². The van der Waals surface area contributed by atoms with Crippen LogP contribution in [0.5, 0.6) is 5.75 Å². The first-order chi connectivity index (χ1) is 15.5. The summed E-state index contributed by atoms with van der Waals surface area (Å²) in [6.07, 6.45) is 2.88. The summed E-state index contributed by atoms with van der Waals surface area (Å²) in [4.78, 5) is 29.3. The van der Waals surface area contributed by atoms with E-state index in [1.54, 1.807) is 55.6 Å². The minimum absolute atomic E-state index is 0.226. The van der Waals surface area contributed by atoms with Crippen molar-refractivity contribution < 1.29 is 19.2 Å². The van der Waals surface area contributed by atoms with E-state index in [1.807, 2.05) is 6.07 Å². The van der Waals surface area contributed by atoms with E-state index >= 15 is 0 Å². The Bertz CT molecular complexity index is 1250. The average molecular weight is 450 g/mol. The molecule has 3 heterocycles. The van der Waals surface area contributed by atoms with E-state index in [-0.39, 0.29) is 17.0 Å². The van der Waals surface area contributed by atoms with Crippen LogP contribution in [-0.2, 0) is 5.75 Å². The third-order valence-electron chi connectivity index (χ3n) is 4.27. The zero-order valence-electron chi connectivity index (χ0n) is 16.8. The SMILES string of the molecule is Cc1cc(CSc2ncccc2C(=O)NNC(=O)c2nn(-c3ccccc3)cc2O)no1. The van der Waals surface area contributed by atoms with Gasteiger partial charge in [0, 0.05) is 18.0 Å². The molecule has 162 valence electrons. The highest BCUT2D eigenvalue weighted by molar-refractivity contribution is 7.98. The van der Waals surface area contributed by atoms with Crippen LogP contribution < -0.4 is 10.9 Å². The van der Waals surface area contributed by atoms with Crippen LogP contribution in [0.4, 0.5) is 0 Å². The molecule has 0 fully saturated rings. The van der Waals surface area contributed by atoms with Crippen LogP contribution in [0.25, 0.3) is 5.69 Å². The van der Waals surface area contributed by atoms with E-state index in [1.165, 1.54) is 22.6 Å². The highest BCUT2D eigenvalue weighted by Gasteiger charge is 2.19. The van der Waals surface area contributed by atoms with Gasteiger partial charge < -0.3 is 9.63 Å². The first kappa shape index (κ1) is 21.1. The number of hydrogen-bond acceptors (Lipinski definition) is 8. The predicted molar refractivity (Wildman–Crippen MR) is 115 cm³/mol. The maximum absolute atomic E-state index is 12.6. The molecular weight excluding hydrogens is 432 g/mol. The molecule has 0 unspecified atom stereocenters. The summed E-state index contributed by atoms with van der Waals surface area (Å²) in [6, 6.07) is 14.0. The minimum Gasteiger partial charge on any atom is -0.504 e. The molecule has 0 spiro atoms. The lowest BCUT2D eigenvalue weighted by molar-refractivity contribution is 0.0840. The zero-order chi connectivity index (χ0) is 22.5. The number of aryl methyl sites for hydroxylation is 1. The molecule has 0 radical (unpaired) electrons. The Morgan fingerprint density at radius 3 is 2.66 bits per heavy atom. The van der Waals surface area contributed by atoms with E-state index in [0.29, 0.717) is 22.2 Å². The fraction of sp³-hybridized carbons (Fsp3) is 0.0952. The number of hydrogen-bond donors (Lipinski definition) is 3. The number of thioether (sulfide) groups is 1. The molecule has 0 aliphatic rings. The van der Waals surface area contributed by atoms with Gasteiger partial charge in [-0.1, -0.05) is 35.1 Å². The molecule has 0 saturated heterocycles. The third-order valence-corrected chi connectivity index (χ3v) is 5.31. The molecule has 11 heteroatoms. The standard InChI is InChI=1S/C21H18N6O4S/c1-13-10-14(26-31-13)12-32-21-16(8-5-9-22-21)19(29)23-24-20(30)18-17(28)11-27(25-18)15-6-3-2-4-7-15/h2-11,28H,12H2,1H3,(H,23,29)(H,24,30). The van der Waals surface area contributed by atoms with Crippen LogP contribution in [0.1, 0.15) is 32.3 Å². The van der Waals surface area contributed by atoms with Gasteiger partial charge in [-0.15, -0.1) is 0 Å². The number of rotatable bonds is 6. The molecular formula is C21H18N6O4S. The quantitative estimate of drug-likeness (QED) is 0.301. The van der Waals surface area contributed by atoms with Gasteiger partial charge in [0.1, 0.15) is 10.8 Å². The Balaban J connectivity index is 1.41. The molecule has 4 rings (SSSR count). The second-order valence-corrected chi connectivity index (χ2v) is 7.59. The van der Waals surface area contributed by atoms with E-state index in [4.69, 9.17) is 4.52 Å². The lowest BCUT2D eigenvalue weighted by atomic mass is 10.3. The molecule has 0 aliphatic carbocycles. The highest BCUT2D eigenvalue weighted by Crippen LogP contribution is 2.24. The number of para-hydroxylation sites is 1. The number of hydrazine groups is 1. The monoisotopic (exact) mass is 450 g/mol. The zero-order valence-corrected chi connectivity index (χ0v) is 17.7. The maximum atomic E-state index is 12.6. The number of benzene rings is 1. The van der Waals surface area contributed by atoms with Crippen molar-refractivity contribution in [2.45, 2.75) is 17.7 Å². The normalized spacial score (nSPS) is 10.7. The molecule has 4 aromatic rings. The second kappa shape index (κ2) is 9.35. The Morgan fingerprint density at radius 2 is 1.91 bits per heavy atom. The van der Waals surface area contributed by atoms with Crippen molar-refractivity contribution >= 4 is 23.6 Å². The maximum Gasteiger partial charge on any atom is 0.294 e. The number of aromatic nitrogens is 4. The van der Waals surface area contributed by atoms with Crippen molar-refractivity contribution in [1.29, 1.82) is 0 Å². The lowest BCUT2D eigenvalue weighted by Crippen LogP contribution is -2.42. The van der Waals surface area contributed by atoms with Gasteiger partial charge in [-0.05, 0) is 31.2 Å². The van der Waals surface area contributed by atoms with Crippen molar-refractivity contribution in [3.63, 3.8) is 0 Å². The van der Waals surface area contributed by atoms with Gasteiger partial charge in [0.15, 0.2) is 11.4 Å². The van der Waals surface area contributed by atoms with Gasteiger partial charge in [-0.3, -0.25) is 20.4 Å². The number of carbonyl (C=O) groups excluding carboxylic acids is 2. The first-order valence-corrected chi connectivity index (χ1v) is 10.4. The van der Waals surface area contributed by atoms with Crippen molar-refractivity contribution in [2.24, 2.45) is 0 Å². The second-order valence-electron chi connectivity index (χ2n) is 6.63. The van der Waals surface area contributed by atoms with Crippen LogP contribution in [-0.4, -0.2) is 36.8 Å². The molecule has 0 aliphatic heterocycles. The number of pyridine rings is 1. The Labute approximate surface area is 186 Å². The van der Waals surface area contributed by atoms with Gasteiger partial charge >= 0.3 is 0 Å². The van der Waals surface area contributed by atoms with E-state index in [0.717, 1.165) is 5.69 Å². The van der Waals surface area contributed by atoms with Crippen molar-refractivity contribution in [3.8, 4) is 11.4 Å². The topological polar surface area (TPSA) is 135 Å². The molecule has 1 aromatic carbocycles. The Kier molecular flexibility index (Phi) is 6.17. The molecule has 0 bridgehead atoms. The van der Waals surface area contributed by atoms with Crippen molar-refractivity contribution in [2.75, 3.05) is 0 Å². The van der Waals surface area contributed by atoms with Crippen molar-refractivity contribution in [3.05, 3.63) is 83.6 Å². The first-order valence-electron chi connectivity index (χ1n) is 9.46. The number of aromatic hydroxyl groups is 1. The van der Waals surface area contributed by atoms with Gasteiger partial charge in [-0.2, -0.15) is 5.10 Å². The summed E-state index contributed by atoms with van der Waals surface area (Å²) in [6.45, 7) is 1.80. The summed E-state index contributed by atoms with van der Waals surface area (Å²) < 4.78 is 6.41. The van der Waals surface area contributed by atoms with Gasteiger partial charge in [0.2, 0.25) is 0 Å². The van der Waals surface area contributed by atoms with Crippen LogP contribution >= 0.6 is 11.8 Å². The average Bonchev–Trinajstić information content (AvgIpc) is 3.42. The van der Waals surface area contributed by atoms with E-state index in [2.05, 4.69) is 26.1 Å². The van der Waals surface area contributed by atoms with E-state index < -0.39 is 11.8 Å². The number of carbonyl (C=O) groups is 2. The number of amides is 2. The summed E-state index contributed by atoms with van der Waals surface area (Å²) in [7, 11) is 0. The fourth-order valence-corrected chi connectivity index (χ4v) is 3.66. The molecule has 0 atom stereocenters.